The highest BCUT2D eigenvalue weighted by Crippen LogP contribution is 2.21. The highest BCUT2D eigenvalue weighted by molar-refractivity contribution is 5.86. The van der Waals surface area contributed by atoms with Crippen LogP contribution >= 0.6 is 0 Å². The summed E-state index contributed by atoms with van der Waals surface area (Å²) >= 11 is 0. The van der Waals surface area contributed by atoms with Gasteiger partial charge in [0.1, 0.15) is 0 Å². The number of hydrogen-bond acceptors (Lipinski definition) is 5. The number of aromatic nitrogens is 1. The molecule has 0 saturated carbocycles. The molecule has 92 valence electrons. The van der Waals surface area contributed by atoms with Crippen LogP contribution in [0.3, 0.4) is 0 Å². The number of oxime groups is 1. The molecular formula is C11H16N4O2. The van der Waals surface area contributed by atoms with E-state index in [0.29, 0.717) is 13.2 Å². The first-order valence-corrected chi connectivity index (χ1v) is 5.52. The molecule has 0 radical (unpaired) electrons. The van der Waals surface area contributed by atoms with Crippen molar-refractivity contribution in [1.82, 2.24) is 9.88 Å². The lowest BCUT2D eigenvalue weighted by molar-refractivity contribution is 0.0279. The predicted molar refractivity (Wildman–Crippen MR) is 62.8 cm³/mol. The third-order valence-electron chi connectivity index (χ3n) is 2.81. The summed E-state index contributed by atoms with van der Waals surface area (Å²) < 4.78 is 5.30. The van der Waals surface area contributed by atoms with Crippen LogP contribution in [0.25, 0.3) is 0 Å². The Hall–Kier alpha value is -1.66. The highest BCUT2D eigenvalue weighted by atomic mass is 16.5. The van der Waals surface area contributed by atoms with Gasteiger partial charge in [0.05, 0.1) is 19.3 Å². The molecule has 1 atom stereocenters. The Balaban J connectivity index is 2.25. The van der Waals surface area contributed by atoms with E-state index in [1.165, 1.54) is 0 Å². The molecule has 17 heavy (non-hydrogen) atoms. The van der Waals surface area contributed by atoms with Gasteiger partial charge in [-0.2, -0.15) is 0 Å². The first-order chi connectivity index (χ1) is 8.33. The summed E-state index contributed by atoms with van der Waals surface area (Å²) in [5, 5.41) is 12.0. The van der Waals surface area contributed by atoms with E-state index in [9.17, 15) is 0 Å². The number of morpholine rings is 1. The SMILES string of the molecule is NC(=NO)[C@@H](c1cccnc1)N1CCOCC1. The van der Waals surface area contributed by atoms with Crippen molar-refractivity contribution in [3.05, 3.63) is 30.1 Å². The molecule has 0 bridgehead atoms. The molecule has 1 saturated heterocycles. The molecule has 0 aromatic carbocycles. The topological polar surface area (TPSA) is 84.0 Å². The second-order valence-corrected chi connectivity index (χ2v) is 3.86. The Morgan fingerprint density at radius 3 is 2.88 bits per heavy atom. The fourth-order valence-electron chi connectivity index (χ4n) is 2.00. The van der Waals surface area contributed by atoms with Gasteiger partial charge in [0.25, 0.3) is 0 Å². The number of amidine groups is 1. The molecule has 1 fully saturated rings. The van der Waals surface area contributed by atoms with Crippen molar-refractivity contribution in [2.45, 2.75) is 6.04 Å². The van der Waals surface area contributed by atoms with Gasteiger partial charge < -0.3 is 15.7 Å². The average Bonchev–Trinajstić information content (AvgIpc) is 2.41. The van der Waals surface area contributed by atoms with Crippen molar-refractivity contribution < 1.29 is 9.94 Å². The van der Waals surface area contributed by atoms with Crippen molar-refractivity contribution in [3.8, 4) is 0 Å². The highest BCUT2D eigenvalue weighted by Gasteiger charge is 2.26. The van der Waals surface area contributed by atoms with Crippen LogP contribution in [0.1, 0.15) is 11.6 Å². The predicted octanol–water partition coefficient (Wildman–Crippen LogP) is 0.201. The normalized spacial score (nSPS) is 20.1. The van der Waals surface area contributed by atoms with Crippen LogP contribution in [0.2, 0.25) is 0 Å². The number of hydrogen-bond donors (Lipinski definition) is 2. The van der Waals surface area contributed by atoms with E-state index in [1.54, 1.807) is 12.4 Å². The maximum Gasteiger partial charge on any atom is 0.161 e. The summed E-state index contributed by atoms with van der Waals surface area (Å²) in [6.45, 7) is 2.84. The molecule has 0 amide bonds. The molecule has 6 nitrogen and oxygen atoms in total. The van der Waals surface area contributed by atoms with Crippen molar-refractivity contribution in [1.29, 1.82) is 0 Å². The van der Waals surface area contributed by atoms with Crippen LogP contribution in [0.4, 0.5) is 0 Å². The van der Waals surface area contributed by atoms with E-state index in [-0.39, 0.29) is 11.9 Å². The fourth-order valence-corrected chi connectivity index (χ4v) is 2.00. The lowest BCUT2D eigenvalue weighted by Gasteiger charge is -2.33. The molecular weight excluding hydrogens is 220 g/mol. The summed E-state index contributed by atoms with van der Waals surface area (Å²) in [5.41, 5.74) is 6.69. The van der Waals surface area contributed by atoms with Gasteiger partial charge in [-0.1, -0.05) is 11.2 Å². The lowest BCUT2D eigenvalue weighted by atomic mass is 10.1. The number of nitrogens with zero attached hydrogens (tertiary/aromatic N) is 3. The Morgan fingerprint density at radius 1 is 1.53 bits per heavy atom. The minimum atomic E-state index is -0.238. The first-order valence-electron chi connectivity index (χ1n) is 5.52. The second-order valence-electron chi connectivity index (χ2n) is 3.86. The molecule has 2 rings (SSSR count). The van der Waals surface area contributed by atoms with Gasteiger partial charge in [-0.25, -0.2) is 0 Å². The Labute approximate surface area is 99.7 Å². The number of rotatable bonds is 3. The molecule has 2 heterocycles. The standard InChI is InChI=1S/C11H16N4O2/c12-11(14-16)10(9-2-1-3-13-8-9)15-4-6-17-7-5-15/h1-3,8,10,16H,4-7H2,(H2,12,14)/t10-/m1/s1. The van der Waals surface area contributed by atoms with E-state index in [4.69, 9.17) is 15.7 Å². The lowest BCUT2D eigenvalue weighted by Crippen LogP contribution is -2.44. The van der Waals surface area contributed by atoms with Gasteiger partial charge in [-0.3, -0.25) is 9.88 Å². The van der Waals surface area contributed by atoms with Crippen LogP contribution in [0.15, 0.2) is 29.7 Å². The summed E-state index contributed by atoms with van der Waals surface area (Å²) in [4.78, 5) is 6.19. The molecule has 6 heteroatoms. The average molecular weight is 236 g/mol. The minimum Gasteiger partial charge on any atom is -0.409 e. The van der Waals surface area contributed by atoms with Crippen LogP contribution in [0, 0.1) is 0 Å². The minimum absolute atomic E-state index is 0.180. The van der Waals surface area contributed by atoms with E-state index in [2.05, 4.69) is 15.0 Å². The van der Waals surface area contributed by atoms with E-state index in [1.807, 2.05) is 12.1 Å². The van der Waals surface area contributed by atoms with Gasteiger partial charge >= 0.3 is 0 Å². The summed E-state index contributed by atoms with van der Waals surface area (Å²) in [5.74, 6) is 0.180. The third kappa shape index (κ3) is 2.72. The largest absolute Gasteiger partial charge is 0.409 e. The molecule has 0 unspecified atom stereocenters. The molecule has 1 aliphatic heterocycles. The van der Waals surface area contributed by atoms with Crippen LogP contribution < -0.4 is 5.73 Å². The molecule has 0 aliphatic carbocycles. The van der Waals surface area contributed by atoms with Gasteiger partial charge in [-0.05, 0) is 11.6 Å². The first kappa shape index (κ1) is 11.8. The zero-order valence-electron chi connectivity index (χ0n) is 9.49. The van der Waals surface area contributed by atoms with Crippen LogP contribution in [-0.2, 0) is 4.74 Å². The van der Waals surface area contributed by atoms with Gasteiger partial charge in [0, 0.05) is 25.5 Å². The zero-order chi connectivity index (χ0) is 12.1. The maximum atomic E-state index is 8.88. The van der Waals surface area contributed by atoms with Gasteiger partial charge in [0.15, 0.2) is 5.84 Å². The van der Waals surface area contributed by atoms with Crippen LogP contribution in [0.5, 0.6) is 0 Å². The molecule has 1 aromatic rings. The van der Waals surface area contributed by atoms with Gasteiger partial charge in [0.2, 0.25) is 0 Å². The zero-order valence-corrected chi connectivity index (χ0v) is 9.49. The Kier molecular flexibility index (Phi) is 3.89. The van der Waals surface area contributed by atoms with Crippen molar-refractivity contribution in [2.75, 3.05) is 26.3 Å². The van der Waals surface area contributed by atoms with Crippen molar-refractivity contribution in [2.24, 2.45) is 10.9 Å². The molecule has 0 spiro atoms. The number of pyridine rings is 1. The van der Waals surface area contributed by atoms with E-state index < -0.39 is 0 Å². The molecule has 1 aliphatic rings. The second kappa shape index (κ2) is 5.60. The fraction of sp³-hybridized carbons (Fsp3) is 0.455. The van der Waals surface area contributed by atoms with Gasteiger partial charge in [-0.15, -0.1) is 0 Å². The van der Waals surface area contributed by atoms with Crippen molar-refractivity contribution in [3.63, 3.8) is 0 Å². The van der Waals surface area contributed by atoms with E-state index in [0.717, 1.165) is 18.7 Å². The molecule has 1 aromatic heterocycles. The quantitative estimate of drug-likeness (QED) is 0.339. The Bertz CT molecular complexity index is 376. The number of nitrogens with two attached hydrogens (primary N) is 1. The maximum absolute atomic E-state index is 8.88. The summed E-state index contributed by atoms with van der Waals surface area (Å²) in [6.07, 6.45) is 3.43. The van der Waals surface area contributed by atoms with Crippen molar-refractivity contribution >= 4 is 5.84 Å². The third-order valence-corrected chi connectivity index (χ3v) is 2.81. The Morgan fingerprint density at radius 2 is 2.29 bits per heavy atom. The summed E-state index contributed by atoms with van der Waals surface area (Å²) in [7, 11) is 0. The summed E-state index contributed by atoms with van der Waals surface area (Å²) in [6, 6.07) is 3.52. The van der Waals surface area contributed by atoms with E-state index >= 15 is 0 Å². The van der Waals surface area contributed by atoms with Crippen LogP contribution in [-0.4, -0.2) is 47.2 Å². The smallest absolute Gasteiger partial charge is 0.161 e. The molecule has 3 N–H and O–H groups in total. The monoisotopic (exact) mass is 236 g/mol. The number of ether oxygens (including phenoxy) is 1.